The zero-order chi connectivity index (χ0) is 24.8. The molecule has 1 N–H and O–H groups in total. The summed E-state index contributed by atoms with van der Waals surface area (Å²) in [6, 6.07) is 13.3. The van der Waals surface area contributed by atoms with Crippen LogP contribution in [-0.4, -0.2) is 41.2 Å². The standard InChI is InChI=1S/C29H27N3O4/c1-17(2)14-22-24(36-16-25(33)31-15-18-6-5-13-35-18)10-9-23-26(22)21-11-12-30-27-19-7-3-4-8-20(19)29(34)32(23)28(21)27/h3-4,7-12,18H,1,5-6,13-16H2,2H3,(H,31,33). The topological polar surface area (TPSA) is 81.9 Å². The first-order valence-electron chi connectivity index (χ1n) is 12.3. The molecule has 5 aromatic rings. The Kier molecular flexibility index (Phi) is 5.57. The molecule has 0 aliphatic carbocycles. The zero-order valence-electron chi connectivity index (χ0n) is 20.2. The van der Waals surface area contributed by atoms with Crippen molar-refractivity contribution >= 4 is 44.0 Å². The number of carbonyl (C=O) groups is 1. The van der Waals surface area contributed by atoms with Crippen LogP contribution in [0, 0.1) is 0 Å². The second-order valence-electron chi connectivity index (χ2n) is 9.54. The van der Waals surface area contributed by atoms with Crippen molar-refractivity contribution in [3.05, 3.63) is 76.7 Å². The maximum absolute atomic E-state index is 13.6. The Morgan fingerprint density at radius 3 is 2.81 bits per heavy atom. The van der Waals surface area contributed by atoms with Crippen LogP contribution in [0.15, 0.2) is 65.6 Å². The molecule has 1 aliphatic heterocycles. The SMILES string of the molecule is C=C(C)Cc1c(OCC(=O)NCC2CCCO2)ccc2c1c1ccnc3c4ccccc4c(=O)n2c13. The Morgan fingerprint density at radius 1 is 1.19 bits per heavy atom. The summed E-state index contributed by atoms with van der Waals surface area (Å²) in [5.74, 6) is 0.420. The second kappa shape index (κ2) is 8.91. The predicted molar refractivity (Wildman–Crippen MR) is 141 cm³/mol. The minimum absolute atomic E-state index is 0.0745. The molecule has 0 spiro atoms. The third-order valence-corrected chi connectivity index (χ3v) is 6.91. The first kappa shape index (κ1) is 22.5. The molecule has 182 valence electrons. The summed E-state index contributed by atoms with van der Waals surface area (Å²) in [6.45, 7) is 7.22. The summed E-state index contributed by atoms with van der Waals surface area (Å²) in [6.07, 6.45) is 4.41. The van der Waals surface area contributed by atoms with E-state index in [1.54, 1.807) is 10.6 Å². The van der Waals surface area contributed by atoms with E-state index in [9.17, 15) is 9.59 Å². The Bertz CT molecular complexity index is 1700. The predicted octanol–water partition coefficient (Wildman–Crippen LogP) is 4.38. The van der Waals surface area contributed by atoms with Gasteiger partial charge >= 0.3 is 0 Å². The number of fused-ring (bicyclic) bond motifs is 5. The van der Waals surface area contributed by atoms with E-state index in [0.29, 0.717) is 24.1 Å². The minimum atomic E-state index is -0.190. The lowest BCUT2D eigenvalue weighted by Gasteiger charge is -2.14. The average Bonchev–Trinajstić information content (AvgIpc) is 3.52. The molecule has 1 atom stereocenters. The van der Waals surface area contributed by atoms with Crippen LogP contribution in [0.5, 0.6) is 5.75 Å². The van der Waals surface area contributed by atoms with Crippen molar-refractivity contribution in [2.45, 2.75) is 32.3 Å². The molecule has 6 rings (SSSR count). The van der Waals surface area contributed by atoms with Crippen LogP contribution in [0.4, 0.5) is 0 Å². The van der Waals surface area contributed by atoms with Crippen molar-refractivity contribution in [1.29, 1.82) is 0 Å². The molecule has 1 aliphatic rings. The summed E-state index contributed by atoms with van der Waals surface area (Å²) in [4.78, 5) is 30.7. The van der Waals surface area contributed by atoms with E-state index < -0.39 is 0 Å². The highest BCUT2D eigenvalue weighted by Crippen LogP contribution is 2.38. The van der Waals surface area contributed by atoms with Gasteiger partial charge in [0.15, 0.2) is 6.61 Å². The van der Waals surface area contributed by atoms with E-state index >= 15 is 0 Å². The molecule has 1 saturated heterocycles. The molecule has 36 heavy (non-hydrogen) atoms. The Morgan fingerprint density at radius 2 is 2.03 bits per heavy atom. The maximum atomic E-state index is 13.6. The number of nitrogens with zero attached hydrogens (tertiary/aromatic N) is 2. The van der Waals surface area contributed by atoms with Crippen molar-refractivity contribution in [3.63, 3.8) is 0 Å². The minimum Gasteiger partial charge on any atom is -0.483 e. The fraction of sp³-hybridized carbons (Fsp3) is 0.276. The van der Waals surface area contributed by atoms with Gasteiger partial charge in [0.1, 0.15) is 5.75 Å². The van der Waals surface area contributed by atoms with Crippen molar-refractivity contribution < 1.29 is 14.3 Å². The third-order valence-electron chi connectivity index (χ3n) is 6.91. The van der Waals surface area contributed by atoms with Gasteiger partial charge in [0.05, 0.1) is 22.7 Å². The van der Waals surface area contributed by atoms with E-state index in [-0.39, 0.29) is 24.2 Å². The van der Waals surface area contributed by atoms with Crippen LogP contribution < -0.4 is 15.6 Å². The fourth-order valence-corrected chi connectivity index (χ4v) is 5.35. The molecule has 3 aromatic heterocycles. The number of pyridine rings is 2. The van der Waals surface area contributed by atoms with E-state index in [2.05, 4.69) is 16.9 Å². The number of amides is 1. The fourth-order valence-electron chi connectivity index (χ4n) is 5.35. The number of hydrogen-bond donors (Lipinski definition) is 1. The Balaban J connectivity index is 1.47. The van der Waals surface area contributed by atoms with Crippen LogP contribution >= 0.6 is 0 Å². The normalized spacial score (nSPS) is 15.9. The smallest absolute Gasteiger partial charge is 0.263 e. The lowest BCUT2D eigenvalue weighted by molar-refractivity contribution is -0.123. The van der Waals surface area contributed by atoms with Crippen LogP contribution in [0.1, 0.15) is 25.3 Å². The van der Waals surface area contributed by atoms with Crippen molar-refractivity contribution in [2.24, 2.45) is 0 Å². The highest BCUT2D eigenvalue weighted by atomic mass is 16.5. The number of nitrogens with one attached hydrogen (secondary N) is 1. The van der Waals surface area contributed by atoms with Crippen LogP contribution in [0.3, 0.4) is 0 Å². The van der Waals surface area contributed by atoms with Gasteiger partial charge in [0.25, 0.3) is 11.5 Å². The first-order chi connectivity index (χ1) is 17.5. The highest BCUT2D eigenvalue weighted by molar-refractivity contribution is 6.19. The third kappa shape index (κ3) is 3.67. The Hall–Kier alpha value is -3.97. The monoisotopic (exact) mass is 481 g/mol. The Labute approximate surface area is 207 Å². The summed E-state index contributed by atoms with van der Waals surface area (Å²) in [5, 5.41) is 6.23. The number of ether oxygens (including phenoxy) is 2. The van der Waals surface area contributed by atoms with Crippen molar-refractivity contribution in [3.8, 4) is 5.75 Å². The molecule has 2 aromatic carbocycles. The lowest BCUT2D eigenvalue weighted by atomic mass is 9.99. The molecule has 0 radical (unpaired) electrons. The number of hydrogen-bond acceptors (Lipinski definition) is 5. The van der Waals surface area contributed by atoms with E-state index in [0.717, 1.165) is 63.3 Å². The molecule has 0 bridgehead atoms. The summed E-state index contributed by atoms with van der Waals surface area (Å²) < 4.78 is 13.4. The molecular weight excluding hydrogens is 454 g/mol. The van der Waals surface area contributed by atoms with Gasteiger partial charge in [-0.2, -0.15) is 0 Å². The molecule has 0 saturated carbocycles. The molecular formula is C29H27N3O4. The molecule has 7 heteroatoms. The highest BCUT2D eigenvalue weighted by Gasteiger charge is 2.22. The van der Waals surface area contributed by atoms with Crippen molar-refractivity contribution in [1.82, 2.24) is 14.7 Å². The van der Waals surface area contributed by atoms with Gasteiger partial charge in [-0.25, -0.2) is 0 Å². The van der Waals surface area contributed by atoms with Gasteiger partial charge in [-0.3, -0.25) is 19.0 Å². The largest absolute Gasteiger partial charge is 0.483 e. The van der Waals surface area contributed by atoms with E-state index in [1.807, 2.05) is 49.4 Å². The van der Waals surface area contributed by atoms with E-state index in [1.165, 1.54) is 0 Å². The van der Waals surface area contributed by atoms with Gasteiger partial charge in [0, 0.05) is 46.5 Å². The average molecular weight is 482 g/mol. The van der Waals surface area contributed by atoms with Gasteiger partial charge in [0.2, 0.25) is 0 Å². The van der Waals surface area contributed by atoms with Gasteiger partial charge in [-0.15, -0.1) is 0 Å². The number of rotatable bonds is 7. The van der Waals surface area contributed by atoms with E-state index in [4.69, 9.17) is 9.47 Å². The second-order valence-corrected chi connectivity index (χ2v) is 9.54. The van der Waals surface area contributed by atoms with Gasteiger partial charge < -0.3 is 14.8 Å². The molecule has 1 fully saturated rings. The molecule has 4 heterocycles. The summed E-state index contributed by atoms with van der Waals surface area (Å²) in [7, 11) is 0. The number of aromatic nitrogens is 2. The first-order valence-corrected chi connectivity index (χ1v) is 12.3. The number of allylic oxidation sites excluding steroid dienone is 1. The number of benzene rings is 2. The summed E-state index contributed by atoms with van der Waals surface area (Å²) >= 11 is 0. The quantitative estimate of drug-likeness (QED) is 0.276. The number of carbonyl (C=O) groups excluding carboxylic acids is 1. The van der Waals surface area contributed by atoms with Crippen LogP contribution in [0.2, 0.25) is 0 Å². The van der Waals surface area contributed by atoms with Gasteiger partial charge in [-0.1, -0.05) is 30.4 Å². The van der Waals surface area contributed by atoms with Gasteiger partial charge in [-0.05, 0) is 50.5 Å². The van der Waals surface area contributed by atoms with Crippen LogP contribution in [0.25, 0.3) is 38.1 Å². The maximum Gasteiger partial charge on any atom is 0.263 e. The summed E-state index contributed by atoms with van der Waals surface area (Å²) in [5.41, 5.74) is 4.17. The van der Waals surface area contributed by atoms with Crippen molar-refractivity contribution in [2.75, 3.05) is 19.8 Å². The zero-order valence-corrected chi connectivity index (χ0v) is 20.2. The van der Waals surface area contributed by atoms with Crippen LogP contribution in [-0.2, 0) is 16.0 Å². The molecule has 1 unspecified atom stereocenters. The molecule has 7 nitrogen and oxygen atoms in total. The lowest BCUT2D eigenvalue weighted by Crippen LogP contribution is -2.35. The molecule has 1 amide bonds.